The summed E-state index contributed by atoms with van der Waals surface area (Å²) in [5, 5.41) is 12.6. The monoisotopic (exact) mass is 603 g/mol. The summed E-state index contributed by atoms with van der Waals surface area (Å²) in [7, 11) is 1.69. The molecule has 11 heteroatoms. The van der Waals surface area contributed by atoms with Crippen LogP contribution in [0.25, 0.3) is 11.3 Å². The van der Waals surface area contributed by atoms with Crippen LogP contribution in [0.4, 0.5) is 5.69 Å². The third-order valence-electron chi connectivity index (χ3n) is 8.23. The maximum atomic E-state index is 11.2. The molecule has 0 unspecified atom stereocenters. The number of methoxy groups -OCH3 is 1. The zero-order valence-corrected chi connectivity index (χ0v) is 25.7. The number of rotatable bonds is 14. The summed E-state index contributed by atoms with van der Waals surface area (Å²) in [6.07, 6.45) is 3.39. The molecule has 0 bridgehead atoms. The molecule has 3 heterocycles. The van der Waals surface area contributed by atoms with E-state index in [0.29, 0.717) is 19.5 Å². The average Bonchev–Trinajstić information content (AvgIpc) is 3.04. The Hall–Kier alpha value is -3.61. The smallest absolute Gasteiger partial charge is 0.317 e. The van der Waals surface area contributed by atoms with E-state index in [0.717, 1.165) is 106 Å². The molecule has 2 aliphatic rings. The number of carbonyl (C=O) groups is 1. The second kappa shape index (κ2) is 15.9. The van der Waals surface area contributed by atoms with Crippen LogP contribution in [0.5, 0.6) is 5.75 Å². The molecular weight excluding hydrogens is 558 g/mol. The number of ether oxygens (including phenoxy) is 2. The van der Waals surface area contributed by atoms with Crippen LogP contribution in [-0.2, 0) is 29.0 Å². The van der Waals surface area contributed by atoms with Gasteiger partial charge >= 0.3 is 5.97 Å². The third kappa shape index (κ3) is 8.73. The number of anilines is 1. The molecule has 3 aromatic rings. The third-order valence-corrected chi connectivity index (χ3v) is 8.23. The Balaban J connectivity index is 1.32. The van der Waals surface area contributed by atoms with Crippen LogP contribution in [0.2, 0.25) is 0 Å². The van der Waals surface area contributed by atoms with Gasteiger partial charge in [0.25, 0.3) is 0 Å². The highest BCUT2D eigenvalue weighted by Gasteiger charge is 2.22. The van der Waals surface area contributed by atoms with Crippen molar-refractivity contribution in [2.24, 2.45) is 5.73 Å². The van der Waals surface area contributed by atoms with E-state index < -0.39 is 5.97 Å². The number of morpholine rings is 1. The largest absolute Gasteiger partial charge is 0.496 e. The van der Waals surface area contributed by atoms with Gasteiger partial charge in [0.2, 0.25) is 0 Å². The summed E-state index contributed by atoms with van der Waals surface area (Å²) < 4.78 is 11.2. The molecule has 4 N–H and O–H groups in total. The summed E-state index contributed by atoms with van der Waals surface area (Å²) in [6.45, 7) is 9.54. The van der Waals surface area contributed by atoms with Gasteiger partial charge < -0.3 is 30.5 Å². The van der Waals surface area contributed by atoms with Gasteiger partial charge in [0, 0.05) is 81.8 Å². The van der Waals surface area contributed by atoms with Crippen molar-refractivity contribution in [3.63, 3.8) is 0 Å². The van der Waals surface area contributed by atoms with E-state index >= 15 is 0 Å². The number of carboxylic acids is 1. The van der Waals surface area contributed by atoms with Crippen molar-refractivity contribution in [2.45, 2.75) is 25.9 Å². The molecule has 44 heavy (non-hydrogen) atoms. The van der Waals surface area contributed by atoms with Crippen LogP contribution in [-0.4, -0.2) is 110 Å². The molecule has 2 aliphatic heterocycles. The minimum Gasteiger partial charge on any atom is -0.496 e. The van der Waals surface area contributed by atoms with Crippen molar-refractivity contribution in [3.05, 3.63) is 71.2 Å². The minimum absolute atomic E-state index is 0.102. The summed E-state index contributed by atoms with van der Waals surface area (Å²) in [5.41, 5.74) is 12.3. The Morgan fingerprint density at radius 1 is 1.02 bits per heavy atom. The summed E-state index contributed by atoms with van der Waals surface area (Å²) in [4.78, 5) is 27.6. The van der Waals surface area contributed by atoms with Gasteiger partial charge in [-0.15, -0.1) is 0 Å². The van der Waals surface area contributed by atoms with E-state index in [-0.39, 0.29) is 6.54 Å². The fourth-order valence-electron chi connectivity index (χ4n) is 5.88. The summed E-state index contributed by atoms with van der Waals surface area (Å²) >= 11 is 0. The van der Waals surface area contributed by atoms with Crippen molar-refractivity contribution < 1.29 is 19.4 Å². The normalized spacial score (nSPS) is 16.3. The first-order valence-corrected chi connectivity index (χ1v) is 15.5. The maximum absolute atomic E-state index is 11.2. The van der Waals surface area contributed by atoms with E-state index in [1.807, 2.05) is 29.3 Å². The molecule has 0 amide bonds. The lowest BCUT2D eigenvalue weighted by Crippen LogP contribution is -2.47. The van der Waals surface area contributed by atoms with Crippen molar-refractivity contribution in [1.82, 2.24) is 25.1 Å². The first-order valence-electron chi connectivity index (χ1n) is 15.5. The van der Waals surface area contributed by atoms with E-state index in [4.69, 9.17) is 25.3 Å². The van der Waals surface area contributed by atoms with E-state index in [1.54, 1.807) is 7.11 Å². The van der Waals surface area contributed by atoms with Crippen LogP contribution < -0.4 is 20.7 Å². The molecule has 0 radical (unpaired) electrons. The molecule has 0 saturated carbocycles. The predicted molar refractivity (Wildman–Crippen MR) is 171 cm³/mol. The van der Waals surface area contributed by atoms with Crippen molar-refractivity contribution in [2.75, 3.05) is 84.1 Å². The number of piperazine rings is 1. The number of benzene rings is 2. The predicted octanol–water partition coefficient (Wildman–Crippen LogP) is 2.22. The standard InChI is InChI=1S/C33H45N7O4/c1-43-31-6-4-26(21-27(31)22-35-9-2-8-34)29-7-10-36-32(37-29)20-25-3-5-30(40-15-17-44-18-16-40)28(19-25)23-38-11-13-39(14-12-38)24-33(41)42/h3-7,10,19,21,35H,2,8-9,11-18,20,22-24,34H2,1H3,(H,41,42). The van der Waals surface area contributed by atoms with Crippen LogP contribution in [0, 0.1) is 0 Å². The van der Waals surface area contributed by atoms with Gasteiger partial charge in [-0.25, -0.2) is 9.97 Å². The summed E-state index contributed by atoms with van der Waals surface area (Å²) in [5.74, 6) is 0.850. The maximum Gasteiger partial charge on any atom is 0.317 e. The van der Waals surface area contributed by atoms with Gasteiger partial charge in [-0.3, -0.25) is 14.6 Å². The summed E-state index contributed by atoms with van der Waals surface area (Å²) in [6, 6.07) is 14.8. The number of aromatic nitrogens is 2. The Bertz CT molecular complexity index is 1370. The van der Waals surface area contributed by atoms with Gasteiger partial charge in [-0.05, 0) is 61.0 Å². The highest BCUT2D eigenvalue weighted by molar-refractivity contribution is 5.69. The van der Waals surface area contributed by atoms with Crippen LogP contribution in [0.1, 0.15) is 28.9 Å². The molecule has 0 spiro atoms. The highest BCUT2D eigenvalue weighted by Crippen LogP contribution is 2.28. The molecule has 0 aliphatic carbocycles. The second-order valence-electron chi connectivity index (χ2n) is 11.4. The first-order chi connectivity index (χ1) is 21.5. The lowest BCUT2D eigenvalue weighted by atomic mass is 10.0. The zero-order valence-electron chi connectivity index (χ0n) is 25.7. The van der Waals surface area contributed by atoms with Crippen LogP contribution >= 0.6 is 0 Å². The first kappa shape index (κ1) is 31.8. The van der Waals surface area contributed by atoms with Gasteiger partial charge in [0.05, 0.1) is 32.6 Å². The van der Waals surface area contributed by atoms with Gasteiger partial charge in [-0.2, -0.15) is 0 Å². The van der Waals surface area contributed by atoms with Crippen molar-refractivity contribution >= 4 is 11.7 Å². The lowest BCUT2D eigenvalue weighted by Gasteiger charge is -2.36. The van der Waals surface area contributed by atoms with Crippen LogP contribution in [0.15, 0.2) is 48.7 Å². The molecular formula is C33H45N7O4. The molecule has 236 valence electrons. The number of nitrogens with two attached hydrogens (primary N) is 1. The van der Waals surface area contributed by atoms with Gasteiger partial charge in [0.1, 0.15) is 11.6 Å². The van der Waals surface area contributed by atoms with Gasteiger partial charge in [0.15, 0.2) is 0 Å². The fourth-order valence-corrected chi connectivity index (χ4v) is 5.88. The van der Waals surface area contributed by atoms with Gasteiger partial charge in [-0.1, -0.05) is 12.1 Å². The molecule has 0 atom stereocenters. The number of nitrogens with zero attached hydrogens (tertiary/aromatic N) is 5. The SMILES string of the molecule is COc1ccc(-c2ccnc(Cc3ccc(N4CCOCC4)c(CN4CCN(CC(=O)O)CC4)c3)n2)cc1CNCCCN. The number of hydrogen-bond donors (Lipinski definition) is 3. The molecule has 2 aromatic carbocycles. The van der Waals surface area contributed by atoms with Crippen molar-refractivity contribution in [1.29, 1.82) is 0 Å². The fraction of sp³-hybridized carbons (Fsp3) is 0.485. The number of carboxylic acid groups (broad SMARTS) is 1. The van der Waals surface area contributed by atoms with Crippen molar-refractivity contribution in [3.8, 4) is 17.0 Å². The zero-order chi connectivity index (χ0) is 30.7. The topological polar surface area (TPSA) is 129 Å². The number of aliphatic carboxylic acids is 1. The molecule has 1 aromatic heterocycles. The van der Waals surface area contributed by atoms with E-state index in [2.05, 4.69) is 44.4 Å². The second-order valence-corrected chi connectivity index (χ2v) is 11.4. The molecule has 11 nitrogen and oxygen atoms in total. The van der Waals surface area contributed by atoms with E-state index in [1.165, 1.54) is 11.3 Å². The highest BCUT2D eigenvalue weighted by atomic mass is 16.5. The Labute approximate surface area is 260 Å². The van der Waals surface area contributed by atoms with Crippen LogP contribution in [0.3, 0.4) is 0 Å². The Kier molecular flexibility index (Phi) is 11.5. The Morgan fingerprint density at radius 3 is 2.57 bits per heavy atom. The number of nitrogens with one attached hydrogen (secondary N) is 1. The molecule has 2 saturated heterocycles. The molecule has 5 rings (SSSR count). The Morgan fingerprint density at radius 2 is 1.82 bits per heavy atom. The minimum atomic E-state index is -0.769. The molecule has 2 fully saturated rings. The lowest BCUT2D eigenvalue weighted by molar-refractivity contribution is -0.138. The van der Waals surface area contributed by atoms with E-state index in [9.17, 15) is 4.79 Å². The quantitative estimate of drug-likeness (QED) is 0.235. The number of hydrogen-bond acceptors (Lipinski definition) is 10. The average molecular weight is 604 g/mol.